The Morgan fingerprint density at radius 1 is 1.22 bits per heavy atom. The molecule has 2 aliphatic rings. The van der Waals surface area contributed by atoms with Gasteiger partial charge in [0.05, 0.1) is 3.79 Å². The van der Waals surface area contributed by atoms with Gasteiger partial charge in [0.1, 0.15) is 24.4 Å². The molecule has 2 fully saturated rings. The number of ether oxygens (including phenoxy) is 3. The third-order valence-corrected chi connectivity index (χ3v) is 6.70. The third kappa shape index (κ3) is 3.87. The molecular weight excluding hydrogens is 432 g/mol. The molecule has 3 heterocycles. The topological polar surface area (TPSA) is 68.2 Å². The predicted octanol–water partition coefficient (Wildman–Crippen LogP) is 3.68. The van der Waals surface area contributed by atoms with Gasteiger partial charge in [-0.25, -0.2) is 0 Å². The highest BCUT2D eigenvalue weighted by Crippen LogP contribution is 2.41. The van der Waals surface area contributed by atoms with Crippen molar-refractivity contribution < 1.29 is 24.4 Å². The van der Waals surface area contributed by atoms with E-state index in [0.717, 1.165) is 26.9 Å². The highest BCUT2D eigenvalue weighted by atomic mass is 79.9. The summed E-state index contributed by atoms with van der Waals surface area (Å²) in [6.07, 6.45) is -3.17. The second-order valence-corrected chi connectivity index (χ2v) is 10.1. The Bertz CT molecular complexity index is 836. The van der Waals surface area contributed by atoms with Gasteiger partial charge in [0.2, 0.25) is 0 Å². The highest BCUT2D eigenvalue weighted by molar-refractivity contribution is 9.11. The standard InChI is InChI=1S/C20H23BrO5S/c1-10-4-5-11(8-12(10)9-13-6-7-14(21)27-13)15(22)17-16(23)18-19(24-17)26-20(2,3)25-18/h4-8,15-19,22-23H,9H2,1-3H3/t15?,16-,17+,18+,19+/m1/s1. The van der Waals surface area contributed by atoms with Crippen LogP contribution in [0.4, 0.5) is 0 Å². The van der Waals surface area contributed by atoms with Crippen molar-refractivity contribution in [1.82, 2.24) is 0 Å². The molecule has 1 aromatic carbocycles. The third-order valence-electron chi connectivity index (χ3n) is 5.07. The van der Waals surface area contributed by atoms with Gasteiger partial charge < -0.3 is 24.4 Å². The summed E-state index contributed by atoms with van der Waals surface area (Å²) < 4.78 is 18.3. The fraction of sp³-hybridized carbons (Fsp3) is 0.500. The first-order valence-electron chi connectivity index (χ1n) is 8.94. The SMILES string of the molecule is Cc1ccc(C(O)[C@@H]2O[C@H]3OC(C)(C)O[C@H]3[C@@H]2O)cc1Cc1ccc(Br)s1. The maximum absolute atomic E-state index is 10.9. The molecule has 4 rings (SSSR count). The molecule has 5 nitrogen and oxygen atoms in total. The summed E-state index contributed by atoms with van der Waals surface area (Å²) >= 11 is 5.19. The number of hydrogen-bond acceptors (Lipinski definition) is 6. The van der Waals surface area contributed by atoms with Crippen LogP contribution in [0.15, 0.2) is 34.1 Å². The maximum Gasteiger partial charge on any atom is 0.190 e. The van der Waals surface area contributed by atoms with Gasteiger partial charge in [0.25, 0.3) is 0 Å². The summed E-state index contributed by atoms with van der Waals surface area (Å²) in [5.74, 6) is -0.793. The lowest BCUT2D eigenvalue weighted by Gasteiger charge is -2.26. The number of aryl methyl sites for hydroxylation is 1. The van der Waals surface area contributed by atoms with Crippen LogP contribution < -0.4 is 0 Å². The lowest BCUT2D eigenvalue weighted by Crippen LogP contribution is -2.37. The van der Waals surface area contributed by atoms with E-state index < -0.39 is 36.5 Å². The summed E-state index contributed by atoms with van der Waals surface area (Å²) in [6, 6.07) is 10.00. The van der Waals surface area contributed by atoms with Crippen molar-refractivity contribution in [3.63, 3.8) is 0 Å². The van der Waals surface area contributed by atoms with Gasteiger partial charge >= 0.3 is 0 Å². The summed E-state index contributed by atoms with van der Waals surface area (Å²) in [4.78, 5) is 1.24. The van der Waals surface area contributed by atoms with Crippen LogP contribution >= 0.6 is 27.3 Å². The number of benzene rings is 1. The second-order valence-electron chi connectivity index (χ2n) is 7.57. The zero-order valence-electron chi connectivity index (χ0n) is 15.4. The normalized spacial score (nSPS) is 30.4. The molecule has 27 heavy (non-hydrogen) atoms. The molecule has 2 aromatic rings. The first kappa shape index (κ1) is 19.5. The van der Waals surface area contributed by atoms with Crippen molar-refractivity contribution in [2.24, 2.45) is 0 Å². The zero-order valence-corrected chi connectivity index (χ0v) is 17.8. The fourth-order valence-corrected chi connectivity index (χ4v) is 5.17. The number of aliphatic hydroxyl groups is 2. The summed E-state index contributed by atoms with van der Waals surface area (Å²) in [5, 5.41) is 21.5. The van der Waals surface area contributed by atoms with Crippen molar-refractivity contribution >= 4 is 27.3 Å². The van der Waals surface area contributed by atoms with Crippen LogP contribution in [0.5, 0.6) is 0 Å². The molecule has 1 aromatic heterocycles. The molecular formula is C20H23BrO5S. The second kappa shape index (κ2) is 7.22. The first-order valence-corrected chi connectivity index (χ1v) is 10.6. The molecule has 2 saturated heterocycles. The highest BCUT2D eigenvalue weighted by Gasteiger charge is 2.56. The summed E-state index contributed by atoms with van der Waals surface area (Å²) in [7, 11) is 0. The van der Waals surface area contributed by atoms with Crippen molar-refractivity contribution in [2.75, 3.05) is 0 Å². The van der Waals surface area contributed by atoms with Gasteiger partial charge in [-0.05, 0) is 65.5 Å². The number of halogens is 1. The molecule has 0 aliphatic carbocycles. The van der Waals surface area contributed by atoms with E-state index >= 15 is 0 Å². The zero-order chi connectivity index (χ0) is 19.3. The number of fused-ring (bicyclic) bond motifs is 1. The van der Waals surface area contributed by atoms with E-state index in [1.54, 1.807) is 25.2 Å². The fourth-order valence-electron chi connectivity index (χ4n) is 3.67. The summed E-state index contributed by atoms with van der Waals surface area (Å²) in [6.45, 7) is 5.62. The minimum absolute atomic E-state index is 0.590. The number of hydrogen-bond donors (Lipinski definition) is 2. The molecule has 2 N–H and O–H groups in total. The Kier molecular flexibility index (Phi) is 5.22. The minimum atomic E-state index is -0.963. The Labute approximate surface area is 171 Å². The minimum Gasteiger partial charge on any atom is -0.387 e. The first-order chi connectivity index (χ1) is 12.7. The van der Waals surface area contributed by atoms with E-state index in [4.69, 9.17) is 14.2 Å². The van der Waals surface area contributed by atoms with Crippen molar-refractivity contribution in [3.8, 4) is 0 Å². The van der Waals surface area contributed by atoms with Gasteiger partial charge in [0.15, 0.2) is 12.1 Å². The number of aliphatic hydroxyl groups excluding tert-OH is 2. The Morgan fingerprint density at radius 3 is 2.67 bits per heavy atom. The van der Waals surface area contributed by atoms with Crippen LogP contribution in [0, 0.1) is 6.92 Å². The predicted molar refractivity (Wildman–Crippen MR) is 106 cm³/mol. The molecule has 0 radical (unpaired) electrons. The lowest BCUT2D eigenvalue weighted by atomic mass is 9.94. The van der Waals surface area contributed by atoms with Gasteiger partial charge in [-0.3, -0.25) is 0 Å². The quantitative estimate of drug-likeness (QED) is 0.737. The van der Waals surface area contributed by atoms with Crippen LogP contribution in [-0.2, 0) is 20.6 Å². The van der Waals surface area contributed by atoms with Gasteiger partial charge in [-0.2, -0.15) is 0 Å². The van der Waals surface area contributed by atoms with Gasteiger partial charge in [-0.15, -0.1) is 11.3 Å². The van der Waals surface area contributed by atoms with Crippen LogP contribution in [0.2, 0.25) is 0 Å². The van der Waals surface area contributed by atoms with Crippen LogP contribution in [0.3, 0.4) is 0 Å². The van der Waals surface area contributed by atoms with E-state index in [1.807, 2.05) is 24.3 Å². The molecule has 0 amide bonds. The van der Waals surface area contributed by atoms with E-state index in [-0.39, 0.29) is 0 Å². The summed E-state index contributed by atoms with van der Waals surface area (Å²) in [5.41, 5.74) is 3.02. The smallest absolute Gasteiger partial charge is 0.190 e. The van der Waals surface area contributed by atoms with E-state index in [2.05, 4.69) is 28.9 Å². The molecule has 1 unspecified atom stereocenters. The Morgan fingerprint density at radius 2 is 2.00 bits per heavy atom. The Balaban J connectivity index is 1.52. The van der Waals surface area contributed by atoms with E-state index in [0.29, 0.717) is 0 Å². The number of rotatable bonds is 4. The monoisotopic (exact) mass is 454 g/mol. The van der Waals surface area contributed by atoms with Crippen molar-refractivity contribution in [1.29, 1.82) is 0 Å². The van der Waals surface area contributed by atoms with Crippen LogP contribution in [-0.4, -0.2) is 40.6 Å². The van der Waals surface area contributed by atoms with Gasteiger partial charge in [-0.1, -0.05) is 18.2 Å². The van der Waals surface area contributed by atoms with Crippen LogP contribution in [0.25, 0.3) is 0 Å². The molecule has 2 aliphatic heterocycles. The molecule has 5 atom stereocenters. The van der Waals surface area contributed by atoms with E-state index in [1.165, 1.54) is 4.88 Å². The molecule has 0 spiro atoms. The van der Waals surface area contributed by atoms with Gasteiger partial charge in [0, 0.05) is 11.3 Å². The molecule has 7 heteroatoms. The lowest BCUT2D eigenvalue weighted by molar-refractivity contribution is -0.226. The number of thiophene rings is 1. The van der Waals surface area contributed by atoms with Crippen molar-refractivity contribution in [3.05, 3.63) is 55.7 Å². The molecule has 0 saturated carbocycles. The Hall–Kier alpha value is -0.800. The molecule has 0 bridgehead atoms. The van der Waals surface area contributed by atoms with Crippen molar-refractivity contribution in [2.45, 2.75) is 63.7 Å². The average Bonchev–Trinajstić information content (AvgIpc) is 3.23. The molecule has 146 valence electrons. The largest absolute Gasteiger partial charge is 0.387 e. The van der Waals surface area contributed by atoms with E-state index in [9.17, 15) is 10.2 Å². The van der Waals surface area contributed by atoms with Crippen LogP contribution in [0.1, 0.15) is 41.5 Å². The average molecular weight is 455 g/mol. The maximum atomic E-state index is 10.9.